The summed E-state index contributed by atoms with van der Waals surface area (Å²) in [5.41, 5.74) is 1.74. The second kappa shape index (κ2) is 8.06. The lowest BCUT2D eigenvalue weighted by molar-refractivity contribution is -0.150. The number of methoxy groups -OCH3 is 2. The fraction of sp³-hybridized carbons (Fsp3) is 0.429. The molecule has 2 bridgehead atoms. The SMILES string of the molecule is COC(=O)C1=C(C(=O)OC)C2CC1[C@@H](OC(C)=O)[C@H]2c1ccccc1NC(C)=O. The van der Waals surface area contributed by atoms with Crippen LogP contribution in [0.5, 0.6) is 0 Å². The topological polar surface area (TPSA) is 108 Å². The lowest BCUT2D eigenvalue weighted by Crippen LogP contribution is -2.36. The molecule has 4 atom stereocenters. The normalized spacial score (nSPS) is 24.8. The molecule has 0 heterocycles. The van der Waals surface area contributed by atoms with Crippen LogP contribution in [0.1, 0.15) is 31.7 Å². The molecule has 0 saturated heterocycles. The molecule has 2 aliphatic rings. The molecule has 1 saturated carbocycles. The lowest BCUT2D eigenvalue weighted by atomic mass is 9.77. The second-order valence-corrected chi connectivity index (χ2v) is 7.13. The predicted octanol–water partition coefficient (Wildman–Crippen LogP) is 1.95. The number of anilines is 1. The molecule has 1 N–H and O–H groups in total. The molecule has 29 heavy (non-hydrogen) atoms. The molecule has 154 valence electrons. The van der Waals surface area contributed by atoms with Crippen LogP contribution in [-0.2, 0) is 33.4 Å². The van der Waals surface area contributed by atoms with Crippen molar-refractivity contribution in [3.05, 3.63) is 41.0 Å². The van der Waals surface area contributed by atoms with Gasteiger partial charge in [0.1, 0.15) is 6.10 Å². The summed E-state index contributed by atoms with van der Waals surface area (Å²) in [4.78, 5) is 48.4. The van der Waals surface area contributed by atoms with Crippen molar-refractivity contribution < 1.29 is 33.4 Å². The Morgan fingerprint density at radius 2 is 1.52 bits per heavy atom. The van der Waals surface area contributed by atoms with Crippen LogP contribution in [-0.4, -0.2) is 44.1 Å². The van der Waals surface area contributed by atoms with Gasteiger partial charge in [-0.1, -0.05) is 18.2 Å². The van der Waals surface area contributed by atoms with Gasteiger partial charge < -0.3 is 19.5 Å². The summed E-state index contributed by atoms with van der Waals surface area (Å²) in [5, 5.41) is 2.78. The highest BCUT2D eigenvalue weighted by Gasteiger charge is 2.58. The van der Waals surface area contributed by atoms with Gasteiger partial charge in [0, 0.05) is 37.3 Å². The van der Waals surface area contributed by atoms with E-state index in [4.69, 9.17) is 14.2 Å². The summed E-state index contributed by atoms with van der Waals surface area (Å²) in [6, 6.07) is 7.15. The minimum Gasteiger partial charge on any atom is -0.466 e. The van der Waals surface area contributed by atoms with Gasteiger partial charge in [0.2, 0.25) is 5.91 Å². The minimum atomic E-state index is -0.671. The maximum atomic E-state index is 12.5. The van der Waals surface area contributed by atoms with E-state index in [1.807, 2.05) is 6.07 Å². The number of amides is 1. The molecule has 0 spiro atoms. The smallest absolute Gasteiger partial charge is 0.334 e. The molecule has 2 aliphatic carbocycles. The van der Waals surface area contributed by atoms with Gasteiger partial charge >= 0.3 is 17.9 Å². The molecule has 8 nitrogen and oxygen atoms in total. The number of hydrogen-bond donors (Lipinski definition) is 1. The molecular weight excluding hydrogens is 378 g/mol. The number of para-hydroxylation sites is 1. The quantitative estimate of drug-likeness (QED) is 0.593. The van der Waals surface area contributed by atoms with Crippen LogP contribution >= 0.6 is 0 Å². The zero-order valence-electron chi connectivity index (χ0n) is 16.7. The van der Waals surface area contributed by atoms with Crippen LogP contribution in [0.15, 0.2) is 35.4 Å². The van der Waals surface area contributed by atoms with Gasteiger partial charge in [-0.05, 0) is 18.1 Å². The Balaban J connectivity index is 2.16. The van der Waals surface area contributed by atoms with E-state index in [1.165, 1.54) is 28.1 Å². The summed E-state index contributed by atoms with van der Waals surface area (Å²) < 4.78 is 15.4. The molecule has 8 heteroatoms. The predicted molar refractivity (Wildman–Crippen MR) is 102 cm³/mol. The van der Waals surface area contributed by atoms with E-state index in [2.05, 4.69) is 5.32 Å². The third-order valence-electron chi connectivity index (χ3n) is 5.47. The van der Waals surface area contributed by atoms with Crippen molar-refractivity contribution in [3.8, 4) is 0 Å². The molecule has 0 aromatic heterocycles. The number of carbonyl (C=O) groups is 4. The Labute approximate surface area is 168 Å². The van der Waals surface area contributed by atoms with E-state index in [0.29, 0.717) is 12.1 Å². The van der Waals surface area contributed by atoms with Gasteiger partial charge in [0.05, 0.1) is 25.4 Å². The van der Waals surface area contributed by atoms with Crippen LogP contribution in [0.3, 0.4) is 0 Å². The average molecular weight is 401 g/mol. The summed E-state index contributed by atoms with van der Waals surface area (Å²) in [5.74, 6) is -3.32. The zero-order valence-corrected chi connectivity index (χ0v) is 16.7. The highest BCUT2D eigenvalue weighted by Crippen LogP contribution is 2.58. The van der Waals surface area contributed by atoms with Crippen LogP contribution in [0.4, 0.5) is 5.69 Å². The Morgan fingerprint density at radius 3 is 2.07 bits per heavy atom. The fourth-order valence-corrected chi connectivity index (χ4v) is 4.59. The Kier molecular flexibility index (Phi) is 5.72. The Hall–Kier alpha value is -3.16. The van der Waals surface area contributed by atoms with Crippen LogP contribution in [0, 0.1) is 11.8 Å². The second-order valence-electron chi connectivity index (χ2n) is 7.13. The minimum absolute atomic E-state index is 0.198. The van der Waals surface area contributed by atoms with Gasteiger partial charge in [-0.3, -0.25) is 9.59 Å². The monoisotopic (exact) mass is 401 g/mol. The number of ether oxygens (including phenoxy) is 3. The van der Waals surface area contributed by atoms with E-state index in [1.54, 1.807) is 18.2 Å². The molecule has 1 amide bonds. The standard InChI is InChI=1S/C21H23NO7/c1-10(23)22-15-8-6-5-7-12(15)16-13-9-14(19(16)29-11(2)24)18(21(26)28-4)17(13)20(25)27-3/h5-8,13-14,16,19H,9H2,1-4H3,(H,22,23)/t13?,14?,16-,19+/m0/s1. The van der Waals surface area contributed by atoms with E-state index < -0.39 is 41.8 Å². The fourth-order valence-electron chi connectivity index (χ4n) is 4.59. The first-order chi connectivity index (χ1) is 13.8. The molecule has 0 aliphatic heterocycles. The van der Waals surface area contributed by atoms with E-state index >= 15 is 0 Å². The highest BCUT2D eigenvalue weighted by atomic mass is 16.5. The number of carbonyl (C=O) groups excluding carboxylic acids is 4. The van der Waals surface area contributed by atoms with Crippen molar-refractivity contribution in [1.82, 2.24) is 0 Å². The number of rotatable bonds is 5. The third-order valence-corrected chi connectivity index (χ3v) is 5.47. The molecule has 1 fully saturated rings. The van der Waals surface area contributed by atoms with Crippen LogP contribution in [0.2, 0.25) is 0 Å². The van der Waals surface area contributed by atoms with Crippen molar-refractivity contribution >= 4 is 29.5 Å². The maximum Gasteiger partial charge on any atom is 0.334 e. The van der Waals surface area contributed by atoms with Gasteiger partial charge in [0.15, 0.2) is 0 Å². The van der Waals surface area contributed by atoms with Gasteiger partial charge in [0.25, 0.3) is 0 Å². The Bertz CT molecular complexity index is 904. The number of fused-ring (bicyclic) bond motifs is 2. The van der Waals surface area contributed by atoms with E-state index in [0.717, 1.165) is 5.56 Å². The van der Waals surface area contributed by atoms with Crippen molar-refractivity contribution in [2.24, 2.45) is 11.8 Å². The van der Waals surface area contributed by atoms with Crippen molar-refractivity contribution in [2.75, 3.05) is 19.5 Å². The largest absolute Gasteiger partial charge is 0.466 e. The van der Waals surface area contributed by atoms with Gasteiger partial charge in [-0.2, -0.15) is 0 Å². The first kappa shape index (κ1) is 20.6. The summed E-state index contributed by atoms with van der Waals surface area (Å²) >= 11 is 0. The van der Waals surface area contributed by atoms with Crippen molar-refractivity contribution in [2.45, 2.75) is 32.3 Å². The first-order valence-corrected chi connectivity index (χ1v) is 9.24. The van der Waals surface area contributed by atoms with E-state index in [9.17, 15) is 19.2 Å². The highest BCUT2D eigenvalue weighted by molar-refractivity contribution is 6.03. The van der Waals surface area contributed by atoms with Gasteiger partial charge in [-0.15, -0.1) is 0 Å². The molecule has 1 aromatic rings. The van der Waals surface area contributed by atoms with E-state index in [-0.39, 0.29) is 17.1 Å². The lowest BCUT2D eigenvalue weighted by Gasteiger charge is -2.33. The van der Waals surface area contributed by atoms with Gasteiger partial charge in [-0.25, -0.2) is 9.59 Å². The molecule has 1 aromatic carbocycles. The van der Waals surface area contributed by atoms with Crippen molar-refractivity contribution in [3.63, 3.8) is 0 Å². The average Bonchev–Trinajstić information content (AvgIpc) is 3.22. The third kappa shape index (κ3) is 3.62. The molecular formula is C21H23NO7. The summed E-state index contributed by atoms with van der Waals surface area (Å²) in [7, 11) is 2.49. The number of hydrogen-bond acceptors (Lipinski definition) is 7. The van der Waals surface area contributed by atoms with Crippen molar-refractivity contribution in [1.29, 1.82) is 0 Å². The zero-order chi connectivity index (χ0) is 21.3. The Morgan fingerprint density at radius 1 is 0.931 bits per heavy atom. The number of benzene rings is 1. The summed E-state index contributed by atoms with van der Waals surface area (Å²) in [6.07, 6.45) is -0.235. The number of esters is 3. The maximum absolute atomic E-state index is 12.5. The number of nitrogens with one attached hydrogen (secondary N) is 1. The first-order valence-electron chi connectivity index (χ1n) is 9.24. The van der Waals surface area contributed by atoms with Crippen LogP contribution in [0.25, 0.3) is 0 Å². The molecule has 0 radical (unpaired) electrons. The molecule has 3 rings (SSSR count). The molecule has 2 unspecified atom stereocenters. The summed E-state index contributed by atoms with van der Waals surface area (Å²) in [6.45, 7) is 2.70. The van der Waals surface area contributed by atoms with Crippen LogP contribution < -0.4 is 5.32 Å².